The maximum Gasteiger partial charge on any atom is 0.321 e. The summed E-state index contributed by atoms with van der Waals surface area (Å²) in [5.74, 6) is 7.77. The molecule has 0 spiro atoms. The maximum absolute atomic E-state index is 14.4. The van der Waals surface area contributed by atoms with E-state index in [0.717, 1.165) is 33.8 Å². The lowest BCUT2D eigenvalue weighted by atomic mass is 9.92. The molecule has 0 N–H and O–H groups in total. The molecule has 236 valence electrons. The molecule has 2 saturated heterocycles. The summed E-state index contributed by atoms with van der Waals surface area (Å²) in [7, 11) is 0. The van der Waals surface area contributed by atoms with E-state index in [9.17, 15) is 9.18 Å². The molecular weight excluding hydrogens is 621 g/mol. The number of benzene rings is 2. The Kier molecular flexibility index (Phi) is 9.61. The topological polar surface area (TPSA) is 69.3 Å². The van der Waals surface area contributed by atoms with Crippen molar-refractivity contribution >= 4 is 47.5 Å². The number of hydrogen-bond acceptors (Lipinski definition) is 6. The number of carbonyl (C=O) groups is 1. The quantitative estimate of drug-likeness (QED) is 0.185. The summed E-state index contributed by atoms with van der Waals surface area (Å²) in [5.41, 5.74) is 5.37. The first-order valence-electron chi connectivity index (χ1n) is 15.2. The smallest absolute Gasteiger partial charge is 0.321 e. The Labute approximate surface area is 278 Å². The van der Waals surface area contributed by atoms with Crippen LogP contribution >= 0.6 is 23.4 Å². The predicted molar refractivity (Wildman–Crippen MR) is 185 cm³/mol. The summed E-state index contributed by atoms with van der Waals surface area (Å²) in [6.45, 7) is 9.16. The molecular formula is C35H35ClFN7OS. The summed E-state index contributed by atoms with van der Waals surface area (Å²) < 4.78 is 15.7. The van der Waals surface area contributed by atoms with Crippen molar-refractivity contribution in [1.82, 2.24) is 24.5 Å². The molecule has 1 unspecified atom stereocenters. The first-order valence-corrected chi connectivity index (χ1v) is 16.6. The van der Waals surface area contributed by atoms with E-state index in [-0.39, 0.29) is 12.1 Å². The molecule has 3 atom stereocenters. The number of aromatic nitrogens is 2. The van der Waals surface area contributed by atoms with Gasteiger partial charge in [0.25, 0.3) is 0 Å². The summed E-state index contributed by atoms with van der Waals surface area (Å²) >= 11 is 8.43. The molecule has 0 bridgehead atoms. The van der Waals surface area contributed by atoms with Crippen LogP contribution in [0.25, 0.3) is 5.57 Å². The fraction of sp³-hybridized carbons (Fsp3) is 0.314. The zero-order valence-corrected chi connectivity index (χ0v) is 27.4. The highest BCUT2D eigenvalue weighted by molar-refractivity contribution is 8.02. The van der Waals surface area contributed by atoms with Gasteiger partial charge in [-0.05, 0) is 61.4 Å². The third kappa shape index (κ3) is 6.62. The molecule has 0 saturated carbocycles. The van der Waals surface area contributed by atoms with Crippen LogP contribution in [0.15, 0.2) is 88.1 Å². The second-order valence-electron chi connectivity index (χ2n) is 11.4. The lowest BCUT2D eigenvalue weighted by Crippen LogP contribution is -2.42. The first-order chi connectivity index (χ1) is 22.3. The molecule has 6 rings (SSSR count). The van der Waals surface area contributed by atoms with Crippen LogP contribution in [-0.2, 0) is 0 Å². The van der Waals surface area contributed by atoms with Gasteiger partial charge in [-0.25, -0.2) is 13.9 Å². The zero-order valence-electron chi connectivity index (χ0n) is 25.8. The fourth-order valence-corrected chi connectivity index (χ4v) is 7.09. The lowest BCUT2D eigenvalue weighted by Gasteiger charge is -2.33. The van der Waals surface area contributed by atoms with Crippen molar-refractivity contribution < 1.29 is 9.18 Å². The average Bonchev–Trinajstić information content (AvgIpc) is 3.79. The number of halogens is 2. The van der Waals surface area contributed by atoms with Crippen molar-refractivity contribution in [2.75, 3.05) is 31.9 Å². The van der Waals surface area contributed by atoms with E-state index in [2.05, 4.69) is 33.5 Å². The highest BCUT2D eigenvalue weighted by atomic mass is 35.5. The lowest BCUT2D eigenvalue weighted by molar-refractivity contribution is 0.182. The molecule has 0 aliphatic carbocycles. The summed E-state index contributed by atoms with van der Waals surface area (Å²) in [4.78, 5) is 28.7. The number of thioether (sulfide) groups is 1. The third-order valence-corrected chi connectivity index (χ3v) is 9.41. The number of carbonyl (C=O) groups excluding carboxylic acids is 1. The van der Waals surface area contributed by atoms with E-state index >= 15 is 0 Å². The highest BCUT2D eigenvalue weighted by Crippen LogP contribution is 2.46. The minimum Gasteiger partial charge on any atom is -0.331 e. The van der Waals surface area contributed by atoms with Crippen LogP contribution in [0.2, 0.25) is 5.02 Å². The second-order valence-corrected chi connectivity index (χ2v) is 12.7. The number of hydrogen-bond donors (Lipinski definition) is 0. The van der Waals surface area contributed by atoms with Crippen LogP contribution in [0.1, 0.15) is 48.1 Å². The van der Waals surface area contributed by atoms with Gasteiger partial charge >= 0.3 is 6.03 Å². The molecule has 46 heavy (non-hydrogen) atoms. The normalized spacial score (nSPS) is 20.2. The van der Waals surface area contributed by atoms with Gasteiger partial charge in [0.15, 0.2) is 6.30 Å². The van der Waals surface area contributed by atoms with Crippen molar-refractivity contribution in [1.29, 1.82) is 0 Å². The predicted octanol–water partition coefficient (Wildman–Crippen LogP) is 6.97. The van der Waals surface area contributed by atoms with Gasteiger partial charge in [0.05, 0.1) is 24.0 Å². The largest absolute Gasteiger partial charge is 0.331 e. The van der Waals surface area contributed by atoms with Crippen molar-refractivity contribution in [3.63, 3.8) is 0 Å². The van der Waals surface area contributed by atoms with E-state index in [1.807, 2.05) is 71.8 Å². The summed E-state index contributed by atoms with van der Waals surface area (Å²) in [6.07, 6.45) is 2.63. The zero-order chi connectivity index (χ0) is 32.2. The van der Waals surface area contributed by atoms with Crippen LogP contribution in [0.4, 0.5) is 9.18 Å². The van der Waals surface area contributed by atoms with Crippen molar-refractivity contribution in [2.24, 2.45) is 9.98 Å². The van der Waals surface area contributed by atoms with Gasteiger partial charge < -0.3 is 14.7 Å². The highest BCUT2D eigenvalue weighted by Gasteiger charge is 2.44. The number of nitrogens with zero attached hydrogens (tertiary/aromatic N) is 7. The van der Waals surface area contributed by atoms with Gasteiger partial charge in [-0.1, -0.05) is 53.8 Å². The monoisotopic (exact) mass is 655 g/mol. The number of amides is 2. The van der Waals surface area contributed by atoms with Crippen molar-refractivity contribution in [3.8, 4) is 11.8 Å². The molecule has 11 heteroatoms. The molecule has 3 aliphatic rings. The minimum absolute atomic E-state index is 0.0177. The average molecular weight is 656 g/mol. The number of rotatable bonds is 9. The maximum atomic E-state index is 14.4. The van der Waals surface area contributed by atoms with E-state index in [1.165, 1.54) is 11.6 Å². The van der Waals surface area contributed by atoms with Gasteiger partial charge in [0.1, 0.15) is 11.9 Å². The van der Waals surface area contributed by atoms with E-state index in [4.69, 9.17) is 16.6 Å². The molecule has 2 amide bonds. The molecule has 8 nitrogen and oxygen atoms in total. The standard InChI is InChI=1S/C35H35ClFN7OS/c1-24-11-12-28(29(36)20-24)34-33(30-13-16-44(40-30)25(2)37)31-21-27(22-43(31)32(39-34)23-46-19-14-38-3)42-18-17-41(35(42)45)15-7-10-26-8-5-4-6-9-26/h4-6,8-9,11-14,16,19-20,25,27,34H,3,15,17-18,21-23H2,1-2H3/b19-14-/t25?,27-,34-/m0/s1. The van der Waals surface area contributed by atoms with Crippen molar-refractivity contribution in [2.45, 2.75) is 38.6 Å². The first kappa shape index (κ1) is 31.6. The second kappa shape index (κ2) is 14.0. The Morgan fingerprint density at radius 3 is 2.78 bits per heavy atom. The van der Waals surface area contributed by atoms with E-state index in [1.54, 1.807) is 29.1 Å². The van der Waals surface area contributed by atoms with E-state index < -0.39 is 12.3 Å². The number of amidine groups is 1. The molecule has 4 heterocycles. The van der Waals surface area contributed by atoms with Crippen LogP contribution in [-0.4, -0.2) is 81.0 Å². The Hall–Kier alpha value is -4.33. The minimum atomic E-state index is -1.28. The molecule has 2 aromatic carbocycles. The van der Waals surface area contributed by atoms with Gasteiger partial charge in [-0.15, -0.1) is 11.8 Å². The number of aryl methyl sites for hydroxylation is 1. The number of fused-ring (bicyclic) bond motifs is 1. The molecule has 2 fully saturated rings. The molecule has 1 aromatic heterocycles. The Morgan fingerprint density at radius 1 is 1.22 bits per heavy atom. The Morgan fingerprint density at radius 2 is 2.04 bits per heavy atom. The Balaban J connectivity index is 1.35. The number of alkyl halides is 1. The van der Waals surface area contributed by atoms with Crippen LogP contribution in [0, 0.1) is 18.8 Å². The van der Waals surface area contributed by atoms with Gasteiger partial charge in [0, 0.05) is 60.3 Å². The molecule has 0 radical (unpaired) electrons. The van der Waals surface area contributed by atoms with Gasteiger partial charge in [0.2, 0.25) is 0 Å². The number of urea groups is 1. The SMILES string of the molecule is C=N/C=C\SCC1=N[C@@H](c2ccc(C)cc2Cl)C(c2ccn(C(C)F)n2)=C2C[C@H](N3CCN(CC#Cc4ccccc4)C3=O)CN12. The van der Waals surface area contributed by atoms with Crippen LogP contribution < -0.4 is 0 Å². The Bertz CT molecular complexity index is 1770. The summed E-state index contributed by atoms with van der Waals surface area (Å²) in [6, 6.07) is 17.0. The molecule has 3 aliphatic heterocycles. The number of aliphatic imine (C=N–C) groups is 2. The van der Waals surface area contributed by atoms with Crippen LogP contribution in [0.3, 0.4) is 0 Å². The van der Waals surface area contributed by atoms with Crippen molar-refractivity contribution in [3.05, 3.63) is 106 Å². The van der Waals surface area contributed by atoms with E-state index in [0.29, 0.717) is 49.1 Å². The fourth-order valence-electron chi connectivity index (χ4n) is 6.10. The van der Waals surface area contributed by atoms with Crippen LogP contribution in [0.5, 0.6) is 0 Å². The third-order valence-electron chi connectivity index (χ3n) is 8.34. The van der Waals surface area contributed by atoms with Gasteiger partial charge in [-0.3, -0.25) is 9.98 Å². The van der Waals surface area contributed by atoms with Gasteiger partial charge in [-0.2, -0.15) is 5.10 Å². The summed E-state index contributed by atoms with van der Waals surface area (Å²) in [5, 5.41) is 7.14. The molecule has 3 aromatic rings.